The summed E-state index contributed by atoms with van der Waals surface area (Å²) in [5.41, 5.74) is 1.58. The Morgan fingerprint density at radius 2 is 2.02 bits per heavy atom. The summed E-state index contributed by atoms with van der Waals surface area (Å²) in [6, 6.07) is 7.42. The molecule has 4 rings (SSSR count). The van der Waals surface area contributed by atoms with E-state index in [0.717, 1.165) is 5.69 Å². The number of esters is 1. The predicted molar refractivity (Wildman–Crippen MR) is 147 cm³/mol. The van der Waals surface area contributed by atoms with Crippen LogP contribution in [0.15, 0.2) is 46.6 Å². The summed E-state index contributed by atoms with van der Waals surface area (Å²) in [5.74, 6) is -2.30. The Bertz CT molecular complexity index is 1290. The van der Waals surface area contributed by atoms with Gasteiger partial charge in [-0.3, -0.25) is 19.3 Å². The normalized spacial score (nSPS) is 19.9. The molecule has 4 N–H and O–H groups in total. The maximum Gasteiger partial charge on any atom is 0.352 e. The van der Waals surface area contributed by atoms with Gasteiger partial charge in [-0.25, -0.2) is 4.79 Å². The summed E-state index contributed by atoms with van der Waals surface area (Å²) in [6.45, 7) is 3.94. The molecular weight excluding hydrogens is 558 g/mol. The van der Waals surface area contributed by atoms with E-state index < -0.39 is 35.3 Å². The van der Waals surface area contributed by atoms with E-state index in [-0.39, 0.29) is 23.3 Å². The van der Waals surface area contributed by atoms with Gasteiger partial charge in [-0.2, -0.15) is 10.3 Å². The summed E-state index contributed by atoms with van der Waals surface area (Å²) < 4.78 is 5.04. The van der Waals surface area contributed by atoms with Gasteiger partial charge in [0.15, 0.2) is 6.10 Å². The van der Waals surface area contributed by atoms with Crippen molar-refractivity contribution in [1.82, 2.24) is 25.6 Å². The summed E-state index contributed by atoms with van der Waals surface area (Å²) in [6.07, 6.45) is 0.488. The van der Waals surface area contributed by atoms with E-state index in [1.165, 1.54) is 28.4 Å². The molecule has 2 unspecified atom stereocenters. The molecular formula is C26H31N5O7S2. The van der Waals surface area contributed by atoms with Gasteiger partial charge >= 0.3 is 11.9 Å². The first-order valence-corrected chi connectivity index (χ1v) is 14.9. The minimum atomic E-state index is -1.44. The number of nitrogens with one attached hydrogen (secondary N) is 2. The number of aliphatic carboxylic acids is 1. The zero-order chi connectivity index (χ0) is 28.8. The van der Waals surface area contributed by atoms with Crippen molar-refractivity contribution in [3.05, 3.63) is 52.9 Å². The number of rotatable bonds is 13. The monoisotopic (exact) mass is 589 g/mol. The van der Waals surface area contributed by atoms with E-state index in [9.17, 15) is 29.4 Å². The van der Waals surface area contributed by atoms with Gasteiger partial charge in [-0.1, -0.05) is 49.0 Å². The van der Waals surface area contributed by atoms with Crippen LogP contribution in [0.1, 0.15) is 44.1 Å². The molecule has 0 spiro atoms. The van der Waals surface area contributed by atoms with E-state index in [1.807, 2.05) is 6.92 Å². The van der Waals surface area contributed by atoms with E-state index >= 15 is 0 Å². The average molecular weight is 590 g/mol. The number of H-pyrrole nitrogens is 1. The number of carboxylic acids is 1. The highest BCUT2D eigenvalue weighted by molar-refractivity contribution is 8.01. The minimum absolute atomic E-state index is 0.0938. The zero-order valence-electron chi connectivity index (χ0n) is 22.0. The van der Waals surface area contributed by atoms with Crippen molar-refractivity contribution in [2.45, 2.75) is 55.7 Å². The third-order valence-corrected chi connectivity index (χ3v) is 9.05. The van der Waals surface area contributed by atoms with Gasteiger partial charge in [0.1, 0.15) is 22.1 Å². The number of aliphatic hydroxyl groups excluding tert-OH is 1. The number of hydrogen-bond acceptors (Lipinski definition) is 10. The SMILES string of the molecule is CCOC(=O)C(C)CCCc1n[nH]nc1SCC1=C(C(=O)O)N2C(=O)C(NC(=O)[C@H](O)c3ccccc3)[C@H]2SC1. The van der Waals surface area contributed by atoms with E-state index in [1.54, 1.807) is 37.3 Å². The van der Waals surface area contributed by atoms with Crippen LogP contribution in [0.2, 0.25) is 0 Å². The summed E-state index contributed by atoms with van der Waals surface area (Å²) in [4.78, 5) is 50.7. The highest BCUT2D eigenvalue weighted by atomic mass is 32.2. The first-order chi connectivity index (χ1) is 19.2. The molecule has 1 aromatic heterocycles. The van der Waals surface area contributed by atoms with Crippen LogP contribution in [0.4, 0.5) is 0 Å². The first kappa shape index (κ1) is 29.6. The molecule has 14 heteroatoms. The van der Waals surface area contributed by atoms with Gasteiger partial charge in [0, 0.05) is 11.5 Å². The lowest BCUT2D eigenvalue weighted by atomic mass is 10.0. The quantitative estimate of drug-likeness (QED) is 0.153. The number of aromatic nitrogens is 3. The van der Waals surface area contributed by atoms with Gasteiger partial charge in [0.2, 0.25) is 0 Å². The van der Waals surface area contributed by atoms with Crippen molar-refractivity contribution in [3.8, 4) is 0 Å². The zero-order valence-corrected chi connectivity index (χ0v) is 23.7. The van der Waals surface area contributed by atoms with Gasteiger partial charge in [0.05, 0.1) is 18.2 Å². The Morgan fingerprint density at radius 3 is 2.73 bits per heavy atom. The number of benzene rings is 1. The van der Waals surface area contributed by atoms with Crippen LogP contribution < -0.4 is 5.32 Å². The second-order valence-electron chi connectivity index (χ2n) is 9.38. The summed E-state index contributed by atoms with van der Waals surface area (Å²) in [5, 5.41) is 33.9. The second kappa shape index (κ2) is 13.3. The number of nitrogens with zero attached hydrogens (tertiary/aromatic N) is 3. The minimum Gasteiger partial charge on any atom is -0.477 e. The Balaban J connectivity index is 1.36. The number of carbonyl (C=O) groups excluding carboxylic acids is 3. The Morgan fingerprint density at radius 1 is 1.27 bits per heavy atom. The van der Waals surface area contributed by atoms with E-state index in [2.05, 4.69) is 20.7 Å². The van der Waals surface area contributed by atoms with Crippen LogP contribution >= 0.6 is 23.5 Å². The standard InChI is InChI=1S/C26H31N5O7S2/c1-3-38-26(37)14(2)8-7-11-17-22(29-30-28-17)39-12-16-13-40-24-18(23(34)31(24)19(16)25(35)36)27-21(33)20(32)15-9-5-4-6-10-15/h4-6,9-10,14,18,20,24,32H,3,7-8,11-13H2,1-2H3,(H,27,33)(H,35,36)(H,28,29,30)/t14?,18?,20-,24-/m1/s1. The molecule has 4 atom stereocenters. The fourth-order valence-corrected chi connectivity index (χ4v) is 6.91. The molecule has 0 aliphatic carbocycles. The number of thioether (sulfide) groups is 2. The summed E-state index contributed by atoms with van der Waals surface area (Å²) in [7, 11) is 0. The average Bonchev–Trinajstić information content (AvgIpc) is 3.41. The van der Waals surface area contributed by atoms with Crippen LogP contribution in [0.3, 0.4) is 0 Å². The highest BCUT2D eigenvalue weighted by Gasteiger charge is 2.54. The van der Waals surface area contributed by atoms with Crippen molar-refractivity contribution in [2.75, 3.05) is 18.1 Å². The molecule has 0 radical (unpaired) electrons. The number of aryl methyl sites for hydroxylation is 1. The number of hydrogen-bond donors (Lipinski definition) is 4. The molecule has 0 saturated carbocycles. The number of fused-ring (bicyclic) bond motifs is 1. The third-order valence-electron chi connectivity index (χ3n) is 6.62. The lowest BCUT2D eigenvalue weighted by Gasteiger charge is -2.49. The molecule has 1 fully saturated rings. The van der Waals surface area contributed by atoms with Gasteiger partial charge < -0.3 is 20.3 Å². The Hall–Kier alpha value is -3.36. The Labute approximate surface area is 239 Å². The van der Waals surface area contributed by atoms with Crippen molar-refractivity contribution < 1.29 is 34.1 Å². The lowest BCUT2D eigenvalue weighted by Crippen LogP contribution is -2.70. The van der Waals surface area contributed by atoms with Crippen molar-refractivity contribution in [2.24, 2.45) is 5.92 Å². The van der Waals surface area contributed by atoms with Crippen molar-refractivity contribution >= 4 is 47.3 Å². The van der Waals surface area contributed by atoms with Gasteiger partial charge in [-0.15, -0.1) is 16.9 Å². The molecule has 0 bridgehead atoms. The molecule has 2 aliphatic heterocycles. The van der Waals surface area contributed by atoms with Crippen LogP contribution in [0.5, 0.6) is 0 Å². The van der Waals surface area contributed by atoms with Gasteiger partial charge in [-0.05, 0) is 37.3 Å². The molecule has 214 valence electrons. The van der Waals surface area contributed by atoms with Crippen LogP contribution in [-0.2, 0) is 30.3 Å². The molecule has 2 aliphatic rings. The number of amides is 2. The second-order valence-corrected chi connectivity index (χ2v) is 11.4. The number of ether oxygens (including phenoxy) is 1. The van der Waals surface area contributed by atoms with E-state index in [4.69, 9.17) is 4.74 Å². The molecule has 1 aromatic carbocycles. The van der Waals surface area contributed by atoms with E-state index in [0.29, 0.717) is 47.8 Å². The molecule has 12 nitrogen and oxygen atoms in total. The number of carbonyl (C=O) groups is 4. The van der Waals surface area contributed by atoms with Crippen LogP contribution in [0.25, 0.3) is 0 Å². The Kier molecular flexibility index (Phi) is 9.87. The molecule has 40 heavy (non-hydrogen) atoms. The molecule has 2 aromatic rings. The fraction of sp³-hybridized carbons (Fsp3) is 0.462. The number of carboxylic acid groups (broad SMARTS) is 1. The fourth-order valence-electron chi connectivity index (χ4n) is 4.47. The molecule has 2 amide bonds. The predicted octanol–water partition coefficient (Wildman–Crippen LogP) is 1.89. The highest BCUT2D eigenvalue weighted by Crippen LogP contribution is 2.41. The van der Waals surface area contributed by atoms with Crippen LogP contribution in [-0.4, -0.2) is 83.8 Å². The maximum atomic E-state index is 13.0. The van der Waals surface area contributed by atoms with Crippen molar-refractivity contribution in [1.29, 1.82) is 0 Å². The lowest BCUT2D eigenvalue weighted by molar-refractivity contribution is -0.151. The van der Waals surface area contributed by atoms with Crippen molar-refractivity contribution in [3.63, 3.8) is 0 Å². The van der Waals surface area contributed by atoms with Crippen LogP contribution in [0, 0.1) is 5.92 Å². The number of aliphatic hydroxyl groups is 1. The van der Waals surface area contributed by atoms with Gasteiger partial charge in [0.25, 0.3) is 11.8 Å². The first-order valence-electron chi connectivity index (χ1n) is 12.8. The summed E-state index contributed by atoms with van der Waals surface area (Å²) >= 11 is 2.68. The third kappa shape index (κ3) is 6.50. The topological polar surface area (TPSA) is 175 Å². The smallest absolute Gasteiger partial charge is 0.352 e. The maximum absolute atomic E-state index is 13.0. The number of aromatic amines is 1. The largest absolute Gasteiger partial charge is 0.477 e. The molecule has 1 saturated heterocycles. The molecule has 3 heterocycles. The number of β-lactam (4-membered cyclic amide) rings is 1.